The molecular formula is C8H16N2O2Rb2Re2. The van der Waals surface area contributed by atoms with Crippen LogP contribution in [0.15, 0.2) is 0 Å². The van der Waals surface area contributed by atoms with E-state index in [4.69, 9.17) is 11.5 Å². The minimum Gasteiger partial charge on any atom is -0.668 e. The number of carbonyl (C=O) groups is 2. The molecule has 0 fully saturated rings. The first-order valence-electron chi connectivity index (χ1n) is 4.04. The van der Waals surface area contributed by atoms with E-state index in [0.717, 1.165) is 0 Å². The van der Waals surface area contributed by atoms with Crippen LogP contribution in [-0.4, -0.2) is 11.8 Å². The molecule has 0 saturated carbocycles. The van der Waals surface area contributed by atoms with Crippen molar-refractivity contribution in [1.82, 2.24) is 0 Å². The molecular weight excluding hydrogens is 699 g/mol. The fraction of sp³-hybridized carbons (Fsp3) is 0.750. The normalized spacial score (nSPS) is 8.19. The zero-order valence-corrected chi connectivity index (χ0v) is 25.8. The fourth-order valence-corrected chi connectivity index (χ4v) is 0.479. The van der Waals surface area contributed by atoms with E-state index in [0.29, 0.717) is 6.42 Å². The van der Waals surface area contributed by atoms with Gasteiger partial charge in [0.1, 0.15) is 0 Å². The summed E-state index contributed by atoms with van der Waals surface area (Å²) in [6.07, 6.45) is 0.399. The molecule has 2 amide bonds. The third-order valence-corrected chi connectivity index (χ3v) is 1.25. The van der Waals surface area contributed by atoms with Crippen LogP contribution in [0.25, 0.3) is 11.5 Å². The zero-order valence-electron chi connectivity index (χ0n) is 10.6. The maximum Gasteiger partial charge on any atom is 1.00 e. The Morgan fingerprint density at radius 2 is 1.38 bits per heavy atom. The van der Waals surface area contributed by atoms with Crippen LogP contribution in [0.3, 0.4) is 0 Å². The standard InChI is InChI=1S/C6H12N2O2.C2H6.2Rb.2Re/c1-4(6(8)10)2-3-5(7)9;1-2;;;;/h4H,2-3H2,1H3,(H4,7,8,9,10);1-2H3;;;;/q;;2*+1;;/p-2. The van der Waals surface area contributed by atoms with Crippen molar-refractivity contribution in [3.05, 3.63) is 11.5 Å². The molecule has 0 aliphatic carbocycles. The number of hydrogen-bond donors (Lipinski definition) is 0. The quantitative estimate of drug-likeness (QED) is 0.305. The summed E-state index contributed by atoms with van der Waals surface area (Å²) in [6.45, 7) is 5.58. The number of carbonyl (C=O) groups excluding carboxylic acids is 2. The second-order valence-corrected chi connectivity index (χ2v) is 2.23. The van der Waals surface area contributed by atoms with E-state index < -0.39 is 17.7 Å². The molecule has 2 N–H and O–H groups in total. The summed E-state index contributed by atoms with van der Waals surface area (Å²) in [7, 11) is 0. The average molecular weight is 716 g/mol. The van der Waals surface area contributed by atoms with Gasteiger partial charge >= 0.3 is 116 Å². The number of rotatable bonds is 4. The van der Waals surface area contributed by atoms with Gasteiger partial charge in [0, 0.05) is 46.8 Å². The maximum atomic E-state index is 10.3. The average Bonchev–Trinajstić information content (AvgIpc) is 2.03. The second-order valence-electron chi connectivity index (χ2n) is 2.23. The van der Waals surface area contributed by atoms with Crippen LogP contribution in [-0.2, 0) is 50.4 Å². The maximum absolute atomic E-state index is 10.3. The van der Waals surface area contributed by atoms with Gasteiger partial charge in [-0.3, -0.25) is 0 Å². The molecule has 0 aliphatic heterocycles. The molecule has 0 spiro atoms. The van der Waals surface area contributed by atoms with Crippen LogP contribution in [0.2, 0.25) is 0 Å². The summed E-state index contributed by atoms with van der Waals surface area (Å²) in [5.74, 6) is -1.75. The largest absolute Gasteiger partial charge is 1.00 e. The predicted octanol–water partition coefficient (Wildman–Crippen LogP) is -3.41. The summed E-state index contributed by atoms with van der Waals surface area (Å²) >= 11 is 0. The molecule has 86 valence electrons. The molecule has 8 heteroatoms. The van der Waals surface area contributed by atoms with Gasteiger partial charge in [-0.15, -0.1) is 0 Å². The molecule has 0 bridgehead atoms. The van der Waals surface area contributed by atoms with Crippen molar-refractivity contribution in [2.45, 2.75) is 33.6 Å². The van der Waals surface area contributed by atoms with Crippen molar-refractivity contribution in [1.29, 1.82) is 0 Å². The van der Waals surface area contributed by atoms with Crippen LogP contribution in [0, 0.1) is 5.92 Å². The molecule has 16 heavy (non-hydrogen) atoms. The van der Waals surface area contributed by atoms with E-state index in [1.807, 2.05) is 13.8 Å². The first-order chi connectivity index (χ1) is 5.54. The number of amides is 2. The van der Waals surface area contributed by atoms with E-state index in [1.54, 1.807) is 6.92 Å². The Balaban J connectivity index is -0.0000000393. The molecule has 0 rings (SSSR count). The summed E-state index contributed by atoms with van der Waals surface area (Å²) in [5.41, 5.74) is 13.1. The Labute approximate surface area is 223 Å². The first kappa shape index (κ1) is 36.8. The van der Waals surface area contributed by atoms with Gasteiger partial charge in [-0.1, -0.05) is 20.8 Å². The molecule has 0 aliphatic rings. The number of hydrogen-bond acceptors (Lipinski definition) is 2. The van der Waals surface area contributed by atoms with E-state index in [9.17, 15) is 9.59 Å². The van der Waals surface area contributed by atoms with Crippen molar-refractivity contribution >= 4 is 11.8 Å². The minimum atomic E-state index is -0.673. The predicted molar refractivity (Wildman–Crippen MR) is 48.4 cm³/mol. The van der Waals surface area contributed by atoms with Crippen molar-refractivity contribution < 1.29 is 167 Å². The minimum absolute atomic E-state index is 0. The van der Waals surface area contributed by atoms with Gasteiger partial charge in [0.05, 0.1) is 5.91 Å². The first-order valence-corrected chi connectivity index (χ1v) is 4.04. The Bertz CT molecular complexity index is 163. The summed E-state index contributed by atoms with van der Waals surface area (Å²) in [5, 5.41) is 0. The Morgan fingerprint density at radius 1 is 1.06 bits per heavy atom. The smallest absolute Gasteiger partial charge is 0.668 e. The molecule has 1 unspecified atom stereocenters. The SMILES string of the molecule is CC.CC(CCC([NH-])=O)C([NH-])=O.[Rb+].[Rb+].[Re].[Re]. The molecule has 4 nitrogen and oxygen atoms in total. The van der Waals surface area contributed by atoms with E-state index in [-0.39, 0.29) is 164 Å². The topological polar surface area (TPSA) is 81.7 Å². The van der Waals surface area contributed by atoms with Gasteiger partial charge in [0.25, 0.3) is 0 Å². The van der Waals surface area contributed by atoms with Gasteiger partial charge in [0.15, 0.2) is 0 Å². The van der Waals surface area contributed by atoms with Crippen molar-refractivity contribution in [2.24, 2.45) is 5.92 Å². The zero-order chi connectivity index (χ0) is 10.1. The van der Waals surface area contributed by atoms with Crippen molar-refractivity contribution in [3.63, 3.8) is 0 Å². The Kier molecular flexibility index (Phi) is 62.7. The van der Waals surface area contributed by atoms with E-state index >= 15 is 0 Å². The van der Waals surface area contributed by atoms with Crippen LogP contribution in [0.1, 0.15) is 33.6 Å². The third kappa shape index (κ3) is 30.7. The molecule has 1 atom stereocenters. The molecule has 0 aromatic rings. The molecule has 0 aromatic carbocycles. The van der Waals surface area contributed by atoms with Gasteiger partial charge in [-0.2, -0.15) is 0 Å². The Morgan fingerprint density at radius 3 is 1.56 bits per heavy atom. The van der Waals surface area contributed by atoms with Crippen LogP contribution in [0.4, 0.5) is 0 Å². The van der Waals surface area contributed by atoms with Crippen molar-refractivity contribution in [3.8, 4) is 0 Å². The Hall–Kier alpha value is 3.88. The van der Waals surface area contributed by atoms with Gasteiger partial charge < -0.3 is 21.1 Å². The van der Waals surface area contributed by atoms with Crippen LogP contribution in [0.5, 0.6) is 0 Å². The summed E-state index contributed by atoms with van der Waals surface area (Å²) in [4.78, 5) is 20.3. The number of nitrogens with one attached hydrogen (secondary N) is 2. The van der Waals surface area contributed by atoms with E-state index in [2.05, 4.69) is 0 Å². The molecule has 0 saturated heterocycles. The molecule has 0 aromatic heterocycles. The van der Waals surface area contributed by atoms with Gasteiger partial charge in [0.2, 0.25) is 0 Å². The summed E-state index contributed by atoms with van der Waals surface area (Å²) in [6, 6.07) is 0. The summed E-state index contributed by atoms with van der Waals surface area (Å²) < 4.78 is 0. The monoisotopic (exact) mass is 716 g/mol. The van der Waals surface area contributed by atoms with E-state index in [1.165, 1.54) is 0 Å². The van der Waals surface area contributed by atoms with Crippen molar-refractivity contribution in [2.75, 3.05) is 0 Å². The van der Waals surface area contributed by atoms with Crippen LogP contribution >= 0.6 is 0 Å². The second kappa shape index (κ2) is 27.3. The van der Waals surface area contributed by atoms with Crippen LogP contribution < -0.4 is 116 Å². The van der Waals surface area contributed by atoms with Gasteiger partial charge in [-0.25, -0.2) is 0 Å². The molecule has 2 radical (unpaired) electrons. The van der Waals surface area contributed by atoms with Gasteiger partial charge in [-0.05, 0) is 18.8 Å². The fourth-order valence-electron chi connectivity index (χ4n) is 0.479. The third-order valence-electron chi connectivity index (χ3n) is 1.25. The molecule has 0 heterocycles.